The first-order valence-corrected chi connectivity index (χ1v) is 7.54. The van der Waals surface area contributed by atoms with E-state index in [1.165, 1.54) is 6.07 Å². The van der Waals surface area contributed by atoms with Crippen LogP contribution in [0.2, 0.25) is 0 Å². The maximum absolute atomic E-state index is 13.7. The highest BCUT2D eigenvalue weighted by atomic mass is 28.4. The van der Waals surface area contributed by atoms with E-state index in [9.17, 15) is 13.6 Å². The fourth-order valence-electron chi connectivity index (χ4n) is 1.54. The molecule has 1 aromatic rings. The van der Waals surface area contributed by atoms with Crippen LogP contribution in [-0.2, 0) is 8.85 Å². The van der Waals surface area contributed by atoms with Gasteiger partial charge in [-0.15, -0.1) is 0 Å². The van der Waals surface area contributed by atoms with E-state index in [0.717, 1.165) is 6.07 Å². The molecule has 0 saturated heterocycles. The lowest BCUT2D eigenvalue weighted by molar-refractivity contribution is 0.0599. The van der Waals surface area contributed by atoms with Gasteiger partial charge in [0.2, 0.25) is 0 Å². The van der Waals surface area contributed by atoms with Crippen molar-refractivity contribution >= 4 is 14.0 Å². The van der Waals surface area contributed by atoms with Crippen LogP contribution in [0.3, 0.4) is 0 Å². The van der Waals surface area contributed by atoms with E-state index in [-0.39, 0.29) is 17.4 Å². The minimum atomic E-state index is -3.86. The lowest BCUT2D eigenvalue weighted by Crippen LogP contribution is -2.58. The van der Waals surface area contributed by atoms with Crippen molar-refractivity contribution in [3.63, 3.8) is 0 Å². The largest absolute Gasteiger partial charge is 0.537 e. The summed E-state index contributed by atoms with van der Waals surface area (Å²) in [6.45, 7) is 6.85. The molecular weight excluding hydrogens is 258 g/mol. The van der Waals surface area contributed by atoms with Gasteiger partial charge < -0.3 is 13.6 Å². The summed E-state index contributed by atoms with van der Waals surface area (Å²) >= 11 is 0. The third-order valence-electron chi connectivity index (χ3n) is 2.06. The van der Waals surface area contributed by atoms with Crippen molar-refractivity contribution in [2.24, 2.45) is 0 Å². The first-order valence-electron chi connectivity index (χ1n) is 5.78. The van der Waals surface area contributed by atoms with Crippen molar-refractivity contribution in [2.45, 2.75) is 39.9 Å². The molecule has 0 aliphatic rings. The molecule has 0 aliphatic carbocycles. The average Bonchev–Trinajstić information content (AvgIpc) is 2.13. The third kappa shape index (κ3) is 3.84. The number of benzene rings is 1. The normalized spacial score (nSPS) is 12.5. The molecule has 0 aromatic heterocycles. The summed E-state index contributed by atoms with van der Waals surface area (Å²) in [6, 6.07) is 2.95. The Bertz CT molecular complexity index is 400. The first-order chi connectivity index (χ1) is 8.24. The lowest BCUT2D eigenvalue weighted by atomic mass is 10.3. The molecular formula is C12H18F2O3Si. The van der Waals surface area contributed by atoms with Crippen LogP contribution in [0.15, 0.2) is 18.2 Å². The van der Waals surface area contributed by atoms with Crippen LogP contribution in [0.1, 0.15) is 27.7 Å². The average molecular weight is 276 g/mol. The molecule has 0 fully saturated rings. The second-order valence-corrected chi connectivity index (χ2v) is 6.71. The number of halogens is 2. The van der Waals surface area contributed by atoms with Gasteiger partial charge in [-0.25, -0.2) is 8.78 Å². The zero-order valence-electron chi connectivity index (χ0n) is 10.9. The van der Waals surface area contributed by atoms with Gasteiger partial charge in [0.15, 0.2) is 0 Å². The van der Waals surface area contributed by atoms with Gasteiger partial charge in [-0.2, -0.15) is 0 Å². The Hall–Kier alpha value is -0.823. The van der Waals surface area contributed by atoms with E-state index in [4.69, 9.17) is 8.85 Å². The zero-order valence-corrected chi connectivity index (χ0v) is 11.9. The summed E-state index contributed by atoms with van der Waals surface area (Å²) in [5.41, 5.74) is 0. The second kappa shape index (κ2) is 5.88. The zero-order chi connectivity index (χ0) is 13.9. The van der Waals surface area contributed by atoms with E-state index in [1.807, 2.05) is 0 Å². The summed E-state index contributed by atoms with van der Waals surface area (Å²) in [7, 11) is -3.86. The van der Waals surface area contributed by atoms with Crippen molar-refractivity contribution < 1.29 is 22.4 Å². The molecule has 0 unspecified atom stereocenters. The molecule has 0 bridgehead atoms. The van der Waals surface area contributed by atoms with Gasteiger partial charge in [0.25, 0.3) is 0 Å². The minimum Gasteiger partial charge on any atom is -0.386 e. The minimum absolute atomic E-state index is 0.105. The summed E-state index contributed by atoms with van der Waals surface area (Å²) in [5.74, 6) is -1.56. The van der Waals surface area contributed by atoms with Crippen molar-refractivity contribution in [1.82, 2.24) is 0 Å². The molecule has 1 rings (SSSR count). The van der Waals surface area contributed by atoms with Crippen LogP contribution in [0.4, 0.5) is 8.78 Å². The molecule has 0 aliphatic heterocycles. The Kier molecular flexibility index (Phi) is 4.98. The van der Waals surface area contributed by atoms with Gasteiger partial charge >= 0.3 is 8.80 Å². The standard InChI is InChI=1S/C12H18F2O3Si/c1-8(2)16-18(15,17-9(3)4)12-6-5-10(13)7-11(12)14/h5-9,15H,1-4H3. The molecule has 0 atom stereocenters. The quantitative estimate of drug-likeness (QED) is 0.836. The molecule has 0 heterocycles. The maximum Gasteiger partial charge on any atom is 0.537 e. The van der Waals surface area contributed by atoms with Crippen LogP contribution in [0.5, 0.6) is 0 Å². The van der Waals surface area contributed by atoms with E-state index >= 15 is 0 Å². The molecule has 1 N–H and O–H groups in total. The Balaban J connectivity index is 3.16. The molecule has 0 saturated carbocycles. The van der Waals surface area contributed by atoms with Crippen molar-refractivity contribution in [1.29, 1.82) is 0 Å². The highest BCUT2D eigenvalue weighted by Gasteiger charge is 2.44. The predicted molar refractivity (Wildman–Crippen MR) is 66.4 cm³/mol. The topological polar surface area (TPSA) is 38.7 Å². The smallest absolute Gasteiger partial charge is 0.386 e. The van der Waals surface area contributed by atoms with Crippen molar-refractivity contribution in [3.8, 4) is 0 Å². The fourth-order valence-corrected chi connectivity index (χ4v) is 3.79. The molecule has 3 nitrogen and oxygen atoms in total. The fraction of sp³-hybridized carbons (Fsp3) is 0.500. The Morgan fingerprint density at radius 3 is 1.94 bits per heavy atom. The van der Waals surface area contributed by atoms with E-state index in [1.54, 1.807) is 27.7 Å². The van der Waals surface area contributed by atoms with Gasteiger partial charge in [-0.1, -0.05) is 0 Å². The van der Waals surface area contributed by atoms with Gasteiger partial charge in [0.1, 0.15) is 11.6 Å². The van der Waals surface area contributed by atoms with Crippen molar-refractivity contribution in [3.05, 3.63) is 29.8 Å². The molecule has 6 heteroatoms. The van der Waals surface area contributed by atoms with Crippen LogP contribution in [-0.4, -0.2) is 25.8 Å². The van der Waals surface area contributed by atoms with Crippen LogP contribution >= 0.6 is 0 Å². The van der Waals surface area contributed by atoms with Gasteiger partial charge in [0.05, 0.1) is 5.19 Å². The maximum atomic E-state index is 13.7. The van der Waals surface area contributed by atoms with Crippen molar-refractivity contribution in [2.75, 3.05) is 0 Å². The second-order valence-electron chi connectivity index (χ2n) is 4.54. The molecule has 18 heavy (non-hydrogen) atoms. The lowest BCUT2D eigenvalue weighted by Gasteiger charge is -2.28. The van der Waals surface area contributed by atoms with Gasteiger partial charge in [-0.3, -0.25) is 0 Å². The summed E-state index contributed by atoms with van der Waals surface area (Å²) < 4.78 is 37.3. The molecule has 0 spiro atoms. The van der Waals surface area contributed by atoms with Crippen LogP contribution in [0.25, 0.3) is 0 Å². The van der Waals surface area contributed by atoms with E-state index < -0.39 is 20.4 Å². The summed E-state index contributed by atoms with van der Waals surface area (Å²) in [6.07, 6.45) is -0.658. The summed E-state index contributed by atoms with van der Waals surface area (Å²) in [5, 5.41) is -0.105. The molecule has 0 amide bonds. The van der Waals surface area contributed by atoms with Gasteiger partial charge in [0, 0.05) is 18.3 Å². The molecule has 102 valence electrons. The predicted octanol–water partition coefficient (Wildman–Crippen LogP) is 1.95. The number of hydrogen-bond donors (Lipinski definition) is 1. The van der Waals surface area contributed by atoms with E-state index in [2.05, 4.69) is 0 Å². The third-order valence-corrected chi connectivity index (χ3v) is 4.73. The number of hydrogen-bond acceptors (Lipinski definition) is 3. The van der Waals surface area contributed by atoms with Gasteiger partial charge in [-0.05, 0) is 39.8 Å². The monoisotopic (exact) mass is 276 g/mol. The molecule has 0 radical (unpaired) electrons. The Morgan fingerprint density at radius 2 is 1.56 bits per heavy atom. The SMILES string of the molecule is CC(C)O[Si](O)(OC(C)C)c1ccc(F)cc1F. The Labute approximate surface area is 107 Å². The highest BCUT2D eigenvalue weighted by molar-refractivity contribution is 6.74. The first kappa shape index (κ1) is 15.2. The molecule has 1 aromatic carbocycles. The van der Waals surface area contributed by atoms with Crippen LogP contribution < -0.4 is 5.19 Å². The van der Waals surface area contributed by atoms with E-state index in [0.29, 0.717) is 6.07 Å². The number of rotatable bonds is 5. The summed E-state index contributed by atoms with van der Waals surface area (Å²) in [4.78, 5) is 10.4. The Morgan fingerprint density at radius 1 is 1.06 bits per heavy atom. The highest BCUT2D eigenvalue weighted by Crippen LogP contribution is 2.13. The van der Waals surface area contributed by atoms with Crippen LogP contribution in [0, 0.1) is 11.6 Å².